The van der Waals surface area contributed by atoms with Gasteiger partial charge in [-0.05, 0) is 148 Å². The van der Waals surface area contributed by atoms with Gasteiger partial charge in [-0.15, -0.1) is 0 Å². The number of likely N-dealkylation sites (tertiary alicyclic amines) is 1. The standard InChI is InChI=1S/C57H67FN10O5/c1-3-36-5-4-6-37-22-42(69)23-44(48(36)37)50-49(58)51-45(26-59-50)52(67-30-39-7-8-40(31-67)60-39)63-55(62-51)73-33-57(13-14-57)32-64-17-15-56(16-18-64)24-35(25-56)28-65-19-20-66(27-34(65)2)41-9-10-43-38(21-41)29-68(54(43)72)46-11-12-47(70)61-53(46)71/h4-6,9-10,21-23,26,34-35,39-40,46,60,69H,3,7-8,11-20,24-25,27-33H2,1-2H3,(H,61,70,71)/t34-,39?,40?,46+/m1/s1. The van der Waals surface area contributed by atoms with Gasteiger partial charge in [0.1, 0.15) is 28.8 Å². The van der Waals surface area contributed by atoms with E-state index in [1.807, 2.05) is 24.3 Å². The van der Waals surface area contributed by atoms with Crippen LogP contribution in [0.15, 0.2) is 54.7 Å². The number of ether oxygens (including phenoxy) is 1. The van der Waals surface area contributed by atoms with Crippen LogP contribution in [0.2, 0.25) is 0 Å². The van der Waals surface area contributed by atoms with Gasteiger partial charge in [-0.1, -0.05) is 25.1 Å². The van der Waals surface area contributed by atoms with E-state index in [0.717, 1.165) is 125 Å². The van der Waals surface area contributed by atoms with Gasteiger partial charge in [-0.3, -0.25) is 29.6 Å². The second-order valence-corrected chi connectivity index (χ2v) is 23.3. The number of piperazine rings is 2. The number of phenols is 1. The summed E-state index contributed by atoms with van der Waals surface area (Å²) >= 11 is 0. The van der Waals surface area contributed by atoms with E-state index in [4.69, 9.17) is 19.7 Å². The number of anilines is 2. The molecule has 0 radical (unpaired) electrons. The Balaban J connectivity index is 0.628. The first kappa shape index (κ1) is 46.8. The predicted octanol–water partition coefficient (Wildman–Crippen LogP) is 6.82. The molecule has 16 heteroatoms. The Morgan fingerprint density at radius 1 is 0.890 bits per heavy atom. The first-order chi connectivity index (χ1) is 35.4. The van der Waals surface area contributed by atoms with Crippen molar-refractivity contribution in [2.24, 2.45) is 16.7 Å². The van der Waals surface area contributed by atoms with Crippen molar-refractivity contribution in [3.63, 3.8) is 0 Å². The SMILES string of the molecule is CCc1cccc2cc(O)cc(-c3ncc4c(N5CC6CCC(C5)N6)nc(OCC5(CN6CCC7(CC6)CC(CN6CCN(c8ccc9c(c8)CN([C@H]8CCC(=O)NC8=O)C9=O)C[C@H]6C)C7)CC5)nc4c3F)c12. The molecule has 3 amide bonds. The highest BCUT2D eigenvalue weighted by atomic mass is 19.1. The number of carbonyl (C=O) groups is 3. The number of phenolic OH excluding ortho intramolecular Hbond substituents is 1. The normalized spacial score (nSPS) is 26.0. The predicted molar refractivity (Wildman–Crippen MR) is 277 cm³/mol. The van der Waals surface area contributed by atoms with Crippen LogP contribution in [0.3, 0.4) is 0 Å². The van der Waals surface area contributed by atoms with Crippen molar-refractivity contribution >= 4 is 50.9 Å². The summed E-state index contributed by atoms with van der Waals surface area (Å²) in [5.74, 6) is 0.144. The summed E-state index contributed by atoms with van der Waals surface area (Å²) < 4.78 is 23.8. The number of aryl methyl sites for hydroxylation is 1. The van der Waals surface area contributed by atoms with E-state index in [1.54, 1.807) is 23.2 Å². The van der Waals surface area contributed by atoms with Crippen LogP contribution in [0.1, 0.15) is 99.5 Å². The number of fused-ring (bicyclic) bond motifs is 5. The fourth-order valence-electron chi connectivity index (χ4n) is 14.2. The zero-order valence-electron chi connectivity index (χ0n) is 42.2. The summed E-state index contributed by atoms with van der Waals surface area (Å²) in [6.45, 7) is 14.1. The van der Waals surface area contributed by atoms with Crippen molar-refractivity contribution in [3.8, 4) is 23.0 Å². The monoisotopic (exact) mass is 991 g/mol. The third-order valence-corrected chi connectivity index (χ3v) is 18.4. The molecule has 73 heavy (non-hydrogen) atoms. The molecule has 2 saturated carbocycles. The van der Waals surface area contributed by atoms with Crippen LogP contribution in [0.5, 0.6) is 11.8 Å². The molecule has 15 nitrogen and oxygen atoms in total. The van der Waals surface area contributed by atoms with Gasteiger partial charge in [0.05, 0.1) is 12.0 Å². The summed E-state index contributed by atoms with van der Waals surface area (Å²) in [5, 5.41) is 19.2. The van der Waals surface area contributed by atoms with Crippen molar-refractivity contribution in [3.05, 3.63) is 77.2 Å². The van der Waals surface area contributed by atoms with Gasteiger partial charge in [0.25, 0.3) is 5.91 Å². The molecule has 5 saturated heterocycles. The molecule has 13 rings (SSSR count). The first-order valence-electron chi connectivity index (χ1n) is 27.1. The number of imide groups is 1. The Hall–Kier alpha value is -5.97. The number of benzene rings is 3. The van der Waals surface area contributed by atoms with Crippen LogP contribution in [0.25, 0.3) is 32.9 Å². The van der Waals surface area contributed by atoms with Crippen LogP contribution >= 0.6 is 0 Å². The number of halogens is 1. The molecule has 6 aliphatic heterocycles. The van der Waals surface area contributed by atoms with Gasteiger partial charge in [0.2, 0.25) is 11.8 Å². The average Bonchev–Trinajstić information content (AvgIpc) is 3.95. The number of aromatic nitrogens is 3. The summed E-state index contributed by atoms with van der Waals surface area (Å²) in [6, 6.07) is 16.1. The number of pyridine rings is 1. The zero-order valence-corrected chi connectivity index (χ0v) is 42.2. The molecule has 8 aliphatic rings. The summed E-state index contributed by atoms with van der Waals surface area (Å²) in [7, 11) is 0. The summed E-state index contributed by atoms with van der Waals surface area (Å²) in [5.41, 5.74) is 5.18. The molecular weight excluding hydrogens is 924 g/mol. The lowest BCUT2D eigenvalue weighted by atomic mass is 9.57. The Labute approximate surface area is 425 Å². The lowest BCUT2D eigenvalue weighted by Crippen LogP contribution is -2.56. The van der Waals surface area contributed by atoms with E-state index < -0.39 is 11.9 Å². The van der Waals surface area contributed by atoms with Gasteiger partial charge >= 0.3 is 6.01 Å². The van der Waals surface area contributed by atoms with Crippen LogP contribution < -0.4 is 25.2 Å². The maximum absolute atomic E-state index is 17.2. The maximum atomic E-state index is 17.2. The van der Waals surface area contributed by atoms with Crippen LogP contribution in [0, 0.1) is 22.6 Å². The molecule has 382 valence electrons. The number of hydrogen-bond acceptors (Lipinski definition) is 13. The van der Waals surface area contributed by atoms with Gasteiger partial charge in [-0.25, -0.2) is 4.39 Å². The molecule has 2 unspecified atom stereocenters. The maximum Gasteiger partial charge on any atom is 0.319 e. The summed E-state index contributed by atoms with van der Waals surface area (Å²) in [4.78, 5) is 63.9. The van der Waals surface area contributed by atoms with E-state index in [2.05, 4.69) is 56.2 Å². The number of rotatable bonds is 12. The minimum atomic E-state index is -0.603. The number of nitrogens with one attached hydrogen (secondary N) is 2. The van der Waals surface area contributed by atoms with Crippen molar-refractivity contribution in [1.82, 2.24) is 40.3 Å². The fourth-order valence-corrected chi connectivity index (χ4v) is 14.2. The lowest BCUT2D eigenvalue weighted by Gasteiger charge is -2.54. The highest BCUT2D eigenvalue weighted by Crippen LogP contribution is 2.54. The highest BCUT2D eigenvalue weighted by Gasteiger charge is 2.50. The van der Waals surface area contributed by atoms with Gasteiger partial charge < -0.3 is 34.8 Å². The lowest BCUT2D eigenvalue weighted by molar-refractivity contribution is -0.136. The minimum absolute atomic E-state index is 0.0317. The second-order valence-electron chi connectivity index (χ2n) is 23.3. The van der Waals surface area contributed by atoms with E-state index >= 15 is 4.39 Å². The molecular formula is C57H67FN10O5. The van der Waals surface area contributed by atoms with Crippen molar-refractivity contribution in [2.45, 2.75) is 115 Å². The quantitative estimate of drug-likeness (QED) is 0.112. The molecule has 7 fully saturated rings. The average molecular weight is 991 g/mol. The van der Waals surface area contributed by atoms with Gasteiger partial charge in [0.15, 0.2) is 5.82 Å². The molecule has 3 aromatic carbocycles. The van der Waals surface area contributed by atoms with Crippen LogP contribution in [0.4, 0.5) is 15.9 Å². The fraction of sp³-hybridized carbons (Fsp3) is 0.544. The van der Waals surface area contributed by atoms with E-state index in [9.17, 15) is 19.5 Å². The Bertz CT molecular complexity index is 3030. The van der Waals surface area contributed by atoms with E-state index in [1.165, 1.54) is 25.7 Å². The second kappa shape index (κ2) is 18.2. The molecule has 4 atom stereocenters. The molecule has 2 aliphatic carbocycles. The topological polar surface area (TPSA) is 160 Å². The third kappa shape index (κ3) is 8.64. The molecule has 5 aromatic rings. The Morgan fingerprint density at radius 3 is 2.45 bits per heavy atom. The number of hydrogen-bond donors (Lipinski definition) is 3. The molecule has 2 bridgehead atoms. The Kier molecular flexibility index (Phi) is 11.6. The molecule has 2 aromatic heterocycles. The number of piperidine rings is 2. The molecule has 1 spiro atoms. The number of carbonyl (C=O) groups excluding carboxylic acids is 3. The third-order valence-electron chi connectivity index (χ3n) is 18.4. The first-order valence-corrected chi connectivity index (χ1v) is 27.1. The minimum Gasteiger partial charge on any atom is -0.508 e. The smallest absolute Gasteiger partial charge is 0.319 e. The van der Waals surface area contributed by atoms with Crippen molar-refractivity contribution in [1.29, 1.82) is 0 Å². The largest absolute Gasteiger partial charge is 0.508 e. The highest BCUT2D eigenvalue weighted by molar-refractivity contribution is 6.06. The van der Waals surface area contributed by atoms with Gasteiger partial charge in [0, 0.05) is 105 Å². The van der Waals surface area contributed by atoms with Crippen LogP contribution in [-0.4, -0.2) is 142 Å². The molecule has 3 N–H and O–H groups in total. The number of nitrogens with zero attached hydrogens (tertiary/aromatic N) is 8. The van der Waals surface area contributed by atoms with Gasteiger partial charge in [-0.2, -0.15) is 9.97 Å². The number of amides is 3. The Morgan fingerprint density at radius 2 is 1.70 bits per heavy atom. The van der Waals surface area contributed by atoms with Crippen molar-refractivity contribution in [2.75, 3.05) is 75.3 Å². The van der Waals surface area contributed by atoms with Crippen molar-refractivity contribution < 1.29 is 28.6 Å². The zero-order chi connectivity index (χ0) is 49.8. The van der Waals surface area contributed by atoms with E-state index in [-0.39, 0.29) is 52.5 Å². The molecule has 8 heterocycles. The van der Waals surface area contributed by atoms with E-state index in [0.29, 0.717) is 65.4 Å². The number of aromatic hydroxyl groups is 1. The van der Waals surface area contributed by atoms with Crippen LogP contribution in [-0.2, 0) is 22.6 Å². The summed E-state index contributed by atoms with van der Waals surface area (Å²) in [6.07, 6.45) is 12.6.